The molecule has 1 atom stereocenters. The van der Waals surface area contributed by atoms with Crippen LogP contribution in [0.1, 0.15) is 109 Å². The number of unbranched alkanes of at least 4 members (excludes halogenated alkanes) is 6. The van der Waals surface area contributed by atoms with E-state index in [-0.39, 0.29) is 18.4 Å². The van der Waals surface area contributed by atoms with Crippen molar-refractivity contribution in [3.8, 4) is 0 Å². The minimum atomic E-state index is -0.759. The Morgan fingerprint density at radius 1 is 0.917 bits per heavy atom. The van der Waals surface area contributed by atoms with E-state index in [0.29, 0.717) is 13.1 Å². The smallest absolute Gasteiger partial charge is 0.408 e. The van der Waals surface area contributed by atoms with Gasteiger partial charge in [-0.1, -0.05) is 70.6 Å². The molecule has 204 valence electrons. The molecule has 36 heavy (non-hydrogen) atoms. The van der Waals surface area contributed by atoms with E-state index in [1.165, 1.54) is 19.3 Å². The molecular formula is C29H49N3O4. The molecular weight excluding hydrogens is 454 g/mol. The Morgan fingerprint density at radius 3 is 2.19 bits per heavy atom. The summed E-state index contributed by atoms with van der Waals surface area (Å²) in [5.41, 5.74) is 2.22. The molecule has 0 aliphatic carbocycles. The second kappa shape index (κ2) is 16.2. The van der Waals surface area contributed by atoms with Gasteiger partial charge in [-0.3, -0.25) is 9.59 Å². The third-order valence-electron chi connectivity index (χ3n) is 6.19. The summed E-state index contributed by atoms with van der Waals surface area (Å²) in [5, 5.41) is 5.61. The normalized spacial score (nSPS) is 12.1. The number of nitrogens with zero attached hydrogens (tertiary/aromatic N) is 1. The van der Waals surface area contributed by atoms with Gasteiger partial charge < -0.3 is 20.3 Å². The maximum Gasteiger partial charge on any atom is 0.408 e. The Bertz CT molecular complexity index is 832. The molecule has 2 N–H and O–H groups in total. The molecule has 0 aromatic heterocycles. The van der Waals surface area contributed by atoms with E-state index in [2.05, 4.69) is 24.5 Å². The van der Waals surface area contributed by atoms with Crippen molar-refractivity contribution in [2.45, 2.75) is 111 Å². The van der Waals surface area contributed by atoms with Gasteiger partial charge in [0.1, 0.15) is 18.2 Å². The maximum absolute atomic E-state index is 13.5. The van der Waals surface area contributed by atoms with Crippen molar-refractivity contribution in [2.24, 2.45) is 0 Å². The van der Waals surface area contributed by atoms with Crippen molar-refractivity contribution in [1.29, 1.82) is 0 Å². The highest BCUT2D eigenvalue weighted by atomic mass is 16.6. The van der Waals surface area contributed by atoms with Crippen LogP contribution in [0.3, 0.4) is 0 Å². The Hall–Kier alpha value is -2.57. The zero-order valence-corrected chi connectivity index (χ0v) is 23.7. The van der Waals surface area contributed by atoms with Crippen molar-refractivity contribution in [1.82, 2.24) is 15.5 Å². The lowest BCUT2D eigenvalue weighted by atomic mass is 9.95. The Balaban J connectivity index is 3.19. The van der Waals surface area contributed by atoms with Crippen LogP contribution in [-0.4, -0.2) is 48.0 Å². The van der Waals surface area contributed by atoms with Gasteiger partial charge in [-0.25, -0.2) is 4.79 Å². The van der Waals surface area contributed by atoms with Gasteiger partial charge in [0.2, 0.25) is 11.8 Å². The van der Waals surface area contributed by atoms with E-state index in [1.54, 1.807) is 25.7 Å². The standard InChI is InChI=1S/C29H49N3O4/c1-8-10-12-13-14-15-20-32(25(33)21-31-28(35)36-29(5,6)7)26(27(34)30-19-11-9-2)24-18-16-17-22(3)23(24)4/h16-18,26H,8-15,19-21H2,1-7H3,(H,30,34)(H,31,35). The summed E-state index contributed by atoms with van der Waals surface area (Å²) in [6, 6.07) is 5.10. The Morgan fingerprint density at radius 2 is 1.56 bits per heavy atom. The highest BCUT2D eigenvalue weighted by molar-refractivity contribution is 5.90. The molecule has 1 aromatic rings. The first-order valence-corrected chi connectivity index (χ1v) is 13.6. The van der Waals surface area contributed by atoms with Crippen LogP contribution < -0.4 is 10.6 Å². The van der Waals surface area contributed by atoms with Crippen LogP contribution in [0.2, 0.25) is 0 Å². The van der Waals surface area contributed by atoms with Gasteiger partial charge in [0.25, 0.3) is 0 Å². The van der Waals surface area contributed by atoms with Crippen LogP contribution in [0.15, 0.2) is 18.2 Å². The molecule has 0 heterocycles. The molecule has 1 unspecified atom stereocenters. The topological polar surface area (TPSA) is 87.7 Å². The first kappa shape index (κ1) is 31.5. The molecule has 0 aliphatic rings. The van der Waals surface area contributed by atoms with Crippen LogP contribution in [-0.2, 0) is 14.3 Å². The minimum Gasteiger partial charge on any atom is -0.444 e. The lowest BCUT2D eigenvalue weighted by Gasteiger charge is -2.33. The third-order valence-corrected chi connectivity index (χ3v) is 6.19. The SMILES string of the molecule is CCCCCCCCN(C(=O)CNC(=O)OC(C)(C)C)C(C(=O)NCCCC)c1cccc(C)c1C. The summed E-state index contributed by atoms with van der Waals surface area (Å²) in [5.74, 6) is -0.486. The zero-order valence-electron chi connectivity index (χ0n) is 23.7. The molecule has 0 saturated carbocycles. The molecule has 3 amide bonds. The predicted molar refractivity (Wildman–Crippen MR) is 146 cm³/mol. The van der Waals surface area contributed by atoms with Crippen LogP contribution in [0.4, 0.5) is 4.79 Å². The summed E-state index contributed by atoms with van der Waals surface area (Å²) in [6.45, 7) is 14.4. The molecule has 0 saturated heterocycles. The number of hydrogen-bond donors (Lipinski definition) is 2. The van der Waals surface area contributed by atoms with Gasteiger partial charge in [0.15, 0.2) is 0 Å². The lowest BCUT2D eigenvalue weighted by Crippen LogP contribution is -2.48. The van der Waals surface area contributed by atoms with Crippen LogP contribution in [0, 0.1) is 13.8 Å². The number of benzene rings is 1. The highest BCUT2D eigenvalue weighted by Gasteiger charge is 2.32. The zero-order chi connectivity index (χ0) is 27.1. The number of carbonyl (C=O) groups excluding carboxylic acids is 3. The number of rotatable bonds is 15. The maximum atomic E-state index is 13.5. The van der Waals surface area contributed by atoms with Gasteiger partial charge in [-0.05, 0) is 64.2 Å². The molecule has 0 bridgehead atoms. The van der Waals surface area contributed by atoms with E-state index in [9.17, 15) is 14.4 Å². The molecule has 0 radical (unpaired) electrons. The summed E-state index contributed by atoms with van der Waals surface area (Å²) in [7, 11) is 0. The number of nitrogens with one attached hydrogen (secondary N) is 2. The average Bonchev–Trinajstić information content (AvgIpc) is 2.80. The molecule has 7 nitrogen and oxygen atoms in total. The van der Waals surface area contributed by atoms with E-state index in [1.807, 2.05) is 32.0 Å². The number of alkyl carbamates (subject to hydrolysis) is 1. The third kappa shape index (κ3) is 11.4. The highest BCUT2D eigenvalue weighted by Crippen LogP contribution is 2.27. The second-order valence-electron chi connectivity index (χ2n) is 10.5. The molecule has 1 rings (SSSR count). The first-order valence-electron chi connectivity index (χ1n) is 13.6. The van der Waals surface area contributed by atoms with Gasteiger partial charge in [-0.2, -0.15) is 0 Å². The van der Waals surface area contributed by atoms with Crippen molar-refractivity contribution in [3.05, 3.63) is 34.9 Å². The number of amides is 3. The molecule has 1 aromatic carbocycles. The quantitative estimate of drug-likeness (QED) is 0.288. The van der Waals surface area contributed by atoms with Crippen LogP contribution in [0.25, 0.3) is 0 Å². The van der Waals surface area contributed by atoms with Crippen LogP contribution >= 0.6 is 0 Å². The van der Waals surface area contributed by atoms with E-state index < -0.39 is 17.7 Å². The van der Waals surface area contributed by atoms with Crippen molar-refractivity contribution < 1.29 is 19.1 Å². The minimum absolute atomic E-state index is 0.186. The largest absolute Gasteiger partial charge is 0.444 e. The number of aryl methyl sites for hydroxylation is 1. The predicted octanol–water partition coefficient (Wildman–Crippen LogP) is 5.97. The lowest BCUT2D eigenvalue weighted by molar-refractivity contribution is -0.140. The summed E-state index contributed by atoms with van der Waals surface area (Å²) >= 11 is 0. The summed E-state index contributed by atoms with van der Waals surface area (Å²) < 4.78 is 5.30. The fourth-order valence-electron chi connectivity index (χ4n) is 4.03. The molecule has 7 heteroatoms. The van der Waals surface area contributed by atoms with Gasteiger partial charge >= 0.3 is 6.09 Å². The number of carbonyl (C=O) groups is 3. The Labute approximate surface area is 218 Å². The fraction of sp³-hybridized carbons (Fsp3) is 0.690. The van der Waals surface area contributed by atoms with Crippen molar-refractivity contribution in [2.75, 3.05) is 19.6 Å². The van der Waals surface area contributed by atoms with E-state index in [4.69, 9.17) is 4.74 Å². The average molecular weight is 504 g/mol. The number of ether oxygens (including phenoxy) is 1. The molecule has 0 spiro atoms. The van der Waals surface area contributed by atoms with Gasteiger partial charge in [-0.15, -0.1) is 0 Å². The number of hydrogen-bond acceptors (Lipinski definition) is 4. The van der Waals surface area contributed by atoms with Gasteiger partial charge in [0.05, 0.1) is 0 Å². The van der Waals surface area contributed by atoms with E-state index >= 15 is 0 Å². The summed E-state index contributed by atoms with van der Waals surface area (Å²) in [6.07, 6.45) is 7.62. The van der Waals surface area contributed by atoms with Crippen LogP contribution in [0.5, 0.6) is 0 Å². The molecule has 0 fully saturated rings. The van der Waals surface area contributed by atoms with Crippen molar-refractivity contribution >= 4 is 17.9 Å². The van der Waals surface area contributed by atoms with Crippen molar-refractivity contribution in [3.63, 3.8) is 0 Å². The second-order valence-corrected chi connectivity index (χ2v) is 10.5. The Kier molecular flexibility index (Phi) is 14.2. The van der Waals surface area contributed by atoms with E-state index in [0.717, 1.165) is 48.8 Å². The molecule has 0 aliphatic heterocycles. The monoisotopic (exact) mass is 503 g/mol. The fourth-order valence-corrected chi connectivity index (χ4v) is 4.03. The van der Waals surface area contributed by atoms with Gasteiger partial charge in [0, 0.05) is 13.1 Å². The summed E-state index contributed by atoms with van der Waals surface area (Å²) in [4.78, 5) is 40.9. The first-order chi connectivity index (χ1) is 17.0.